The Bertz CT molecular complexity index is 483. The van der Waals surface area contributed by atoms with Crippen molar-refractivity contribution in [3.05, 3.63) is 24.1 Å². The first-order valence-corrected chi connectivity index (χ1v) is 8.42. The number of nitrogens with zero attached hydrogens (tertiary/aromatic N) is 1. The first kappa shape index (κ1) is 19.3. The van der Waals surface area contributed by atoms with E-state index in [0.717, 1.165) is 18.6 Å². The van der Waals surface area contributed by atoms with Crippen LogP contribution in [0, 0.1) is 5.92 Å². The van der Waals surface area contributed by atoms with Gasteiger partial charge in [-0.2, -0.15) is 0 Å². The zero-order valence-corrected chi connectivity index (χ0v) is 15.0. The minimum absolute atomic E-state index is 0.104. The molecule has 0 unspecified atom stereocenters. The SMILES string of the molecule is C=C1C=C(OC)[C@H](CCC)N1C(=O)[C@@H](CC(C)C)NC(=O)CC. The Hall–Kier alpha value is -1.78. The highest BCUT2D eigenvalue weighted by atomic mass is 16.5. The van der Waals surface area contributed by atoms with Crippen LogP contribution in [0.4, 0.5) is 0 Å². The summed E-state index contributed by atoms with van der Waals surface area (Å²) in [5.74, 6) is 0.847. The second-order valence-electron chi connectivity index (χ2n) is 6.36. The molecule has 1 aliphatic heterocycles. The number of amides is 2. The van der Waals surface area contributed by atoms with Gasteiger partial charge in [0.2, 0.25) is 11.8 Å². The van der Waals surface area contributed by atoms with Crippen molar-refractivity contribution in [2.24, 2.45) is 5.92 Å². The Kier molecular flexibility index (Phi) is 7.33. The van der Waals surface area contributed by atoms with Gasteiger partial charge >= 0.3 is 0 Å². The Balaban J connectivity index is 3.00. The summed E-state index contributed by atoms with van der Waals surface area (Å²) in [5, 5.41) is 2.86. The fraction of sp³-hybridized carbons (Fsp3) is 0.667. The lowest BCUT2D eigenvalue weighted by atomic mass is 10.0. The maximum Gasteiger partial charge on any atom is 0.250 e. The third-order valence-electron chi connectivity index (χ3n) is 3.96. The average Bonchev–Trinajstić information content (AvgIpc) is 2.81. The molecule has 0 spiro atoms. The van der Waals surface area contributed by atoms with Gasteiger partial charge in [-0.15, -0.1) is 0 Å². The van der Waals surface area contributed by atoms with Crippen molar-refractivity contribution in [3.8, 4) is 0 Å². The Morgan fingerprint density at radius 3 is 2.52 bits per heavy atom. The van der Waals surface area contributed by atoms with E-state index in [0.29, 0.717) is 24.5 Å². The van der Waals surface area contributed by atoms with Gasteiger partial charge in [0, 0.05) is 18.2 Å². The molecule has 5 nitrogen and oxygen atoms in total. The number of methoxy groups -OCH3 is 1. The predicted molar refractivity (Wildman–Crippen MR) is 91.5 cm³/mol. The van der Waals surface area contributed by atoms with Gasteiger partial charge in [-0.1, -0.05) is 40.7 Å². The van der Waals surface area contributed by atoms with Crippen LogP contribution in [0.2, 0.25) is 0 Å². The molecule has 0 aliphatic carbocycles. The largest absolute Gasteiger partial charge is 0.499 e. The maximum absolute atomic E-state index is 13.1. The van der Waals surface area contributed by atoms with Crippen LogP contribution in [-0.2, 0) is 14.3 Å². The molecule has 0 aromatic heterocycles. The average molecular weight is 322 g/mol. The lowest BCUT2D eigenvalue weighted by Gasteiger charge is -2.31. The van der Waals surface area contributed by atoms with Crippen LogP contribution >= 0.6 is 0 Å². The molecule has 0 saturated carbocycles. The maximum atomic E-state index is 13.1. The minimum Gasteiger partial charge on any atom is -0.499 e. The van der Waals surface area contributed by atoms with E-state index < -0.39 is 6.04 Å². The quantitative estimate of drug-likeness (QED) is 0.747. The summed E-state index contributed by atoms with van der Waals surface area (Å²) in [7, 11) is 1.61. The topological polar surface area (TPSA) is 58.6 Å². The van der Waals surface area contributed by atoms with E-state index in [2.05, 4.69) is 18.8 Å². The van der Waals surface area contributed by atoms with E-state index in [1.807, 2.05) is 19.9 Å². The number of hydrogen-bond acceptors (Lipinski definition) is 3. The summed E-state index contributed by atoms with van der Waals surface area (Å²) in [6.07, 6.45) is 4.52. The first-order chi connectivity index (χ1) is 10.8. The molecule has 0 bridgehead atoms. The van der Waals surface area contributed by atoms with Crippen molar-refractivity contribution in [2.75, 3.05) is 7.11 Å². The number of nitrogens with one attached hydrogen (secondary N) is 1. The van der Waals surface area contributed by atoms with E-state index in [1.54, 1.807) is 18.9 Å². The number of rotatable bonds is 8. The normalized spacial score (nSPS) is 18.9. The molecule has 0 aromatic carbocycles. The third kappa shape index (κ3) is 4.85. The number of ether oxygens (including phenoxy) is 1. The predicted octanol–water partition coefficient (Wildman–Crippen LogP) is 2.98. The van der Waals surface area contributed by atoms with Crippen molar-refractivity contribution >= 4 is 11.8 Å². The fourth-order valence-corrected chi connectivity index (χ4v) is 2.85. The van der Waals surface area contributed by atoms with Gasteiger partial charge in [-0.25, -0.2) is 0 Å². The van der Waals surface area contributed by atoms with Gasteiger partial charge in [0.05, 0.1) is 13.2 Å². The second-order valence-corrected chi connectivity index (χ2v) is 6.36. The summed E-state index contributed by atoms with van der Waals surface area (Å²) in [5.41, 5.74) is 0.629. The van der Waals surface area contributed by atoms with Gasteiger partial charge in [0.15, 0.2) is 0 Å². The van der Waals surface area contributed by atoms with Crippen LogP contribution < -0.4 is 5.32 Å². The summed E-state index contributed by atoms with van der Waals surface area (Å²) >= 11 is 0. The fourth-order valence-electron chi connectivity index (χ4n) is 2.85. The molecule has 2 atom stereocenters. The molecule has 0 fully saturated rings. The van der Waals surface area contributed by atoms with Crippen LogP contribution in [0.15, 0.2) is 24.1 Å². The van der Waals surface area contributed by atoms with Crippen LogP contribution in [0.3, 0.4) is 0 Å². The second kappa shape index (κ2) is 8.75. The molecule has 23 heavy (non-hydrogen) atoms. The molecule has 130 valence electrons. The van der Waals surface area contributed by atoms with E-state index in [-0.39, 0.29) is 17.9 Å². The Morgan fingerprint density at radius 2 is 2.04 bits per heavy atom. The molecule has 5 heteroatoms. The monoisotopic (exact) mass is 322 g/mol. The number of carbonyl (C=O) groups excluding carboxylic acids is 2. The smallest absolute Gasteiger partial charge is 0.250 e. The van der Waals surface area contributed by atoms with Gasteiger partial charge in [-0.05, 0) is 18.8 Å². The summed E-state index contributed by atoms with van der Waals surface area (Å²) in [4.78, 5) is 26.5. The Labute approximate surface area is 139 Å². The lowest BCUT2D eigenvalue weighted by Crippen LogP contribution is -2.50. The molecule has 1 rings (SSSR count). The van der Waals surface area contributed by atoms with Gasteiger partial charge < -0.3 is 15.0 Å². The zero-order valence-electron chi connectivity index (χ0n) is 15.0. The van der Waals surface area contributed by atoms with Gasteiger partial charge in [0.1, 0.15) is 11.8 Å². The van der Waals surface area contributed by atoms with Gasteiger partial charge in [0.25, 0.3) is 0 Å². The highest BCUT2D eigenvalue weighted by Crippen LogP contribution is 2.30. The molecule has 1 heterocycles. The zero-order chi connectivity index (χ0) is 17.6. The van der Waals surface area contributed by atoms with Crippen molar-refractivity contribution in [2.45, 2.75) is 65.5 Å². The van der Waals surface area contributed by atoms with E-state index in [1.165, 1.54) is 0 Å². The van der Waals surface area contributed by atoms with Crippen LogP contribution in [0.25, 0.3) is 0 Å². The number of carbonyl (C=O) groups is 2. The highest BCUT2D eigenvalue weighted by Gasteiger charge is 2.37. The molecule has 0 saturated heterocycles. The minimum atomic E-state index is -0.525. The van der Waals surface area contributed by atoms with Crippen molar-refractivity contribution < 1.29 is 14.3 Å². The van der Waals surface area contributed by atoms with Crippen molar-refractivity contribution in [1.82, 2.24) is 10.2 Å². The van der Waals surface area contributed by atoms with E-state index in [4.69, 9.17) is 4.74 Å². The third-order valence-corrected chi connectivity index (χ3v) is 3.96. The van der Waals surface area contributed by atoms with Crippen molar-refractivity contribution in [3.63, 3.8) is 0 Å². The Morgan fingerprint density at radius 1 is 1.39 bits per heavy atom. The first-order valence-electron chi connectivity index (χ1n) is 8.42. The van der Waals surface area contributed by atoms with Crippen LogP contribution in [0.1, 0.15) is 53.4 Å². The molecule has 1 aliphatic rings. The van der Waals surface area contributed by atoms with Crippen LogP contribution in [0.5, 0.6) is 0 Å². The standard InChI is InChI=1S/C18H30N2O3/c1-7-9-15-16(23-6)11-13(5)20(15)18(22)14(10-12(3)4)19-17(21)8-2/h11-12,14-15H,5,7-10H2,1-4,6H3,(H,19,21)/t14-,15+/m1/s1. The molecule has 0 aromatic rings. The molecular formula is C18H30N2O3. The molecular weight excluding hydrogens is 292 g/mol. The molecule has 0 radical (unpaired) electrons. The van der Waals surface area contributed by atoms with Crippen LogP contribution in [-0.4, -0.2) is 35.9 Å². The lowest BCUT2D eigenvalue weighted by molar-refractivity contribution is -0.136. The summed E-state index contributed by atoms with van der Waals surface area (Å²) < 4.78 is 5.41. The van der Waals surface area contributed by atoms with Crippen molar-refractivity contribution in [1.29, 1.82) is 0 Å². The summed E-state index contributed by atoms with van der Waals surface area (Å²) in [6, 6.07) is -0.652. The molecule has 1 N–H and O–H groups in total. The van der Waals surface area contributed by atoms with Gasteiger partial charge in [-0.3, -0.25) is 9.59 Å². The summed E-state index contributed by atoms with van der Waals surface area (Å²) in [6.45, 7) is 11.9. The van der Waals surface area contributed by atoms with E-state index in [9.17, 15) is 9.59 Å². The molecule has 2 amide bonds. The highest BCUT2D eigenvalue weighted by molar-refractivity contribution is 5.89. The number of allylic oxidation sites excluding steroid dienone is 1. The van der Waals surface area contributed by atoms with E-state index >= 15 is 0 Å². The number of hydrogen-bond donors (Lipinski definition) is 1.